The highest BCUT2D eigenvalue weighted by Gasteiger charge is 2.44. The molecule has 9 N–H and O–H groups in total. The number of aromatic hydroxyl groups is 1. The van der Waals surface area contributed by atoms with Crippen molar-refractivity contribution in [2.24, 2.45) is 5.41 Å². The zero-order chi connectivity index (χ0) is 50.5. The Morgan fingerprint density at radius 1 is 0.903 bits per heavy atom. The number of aliphatic hydroxyl groups excluding tert-OH is 1. The summed E-state index contributed by atoms with van der Waals surface area (Å²) in [5.74, 6) is 1.08. The van der Waals surface area contributed by atoms with E-state index < -0.39 is 23.6 Å². The number of hydrogen-bond acceptors (Lipinski definition) is 16. The van der Waals surface area contributed by atoms with Gasteiger partial charge in [0.05, 0.1) is 40.1 Å². The third kappa shape index (κ3) is 12.0. The Hall–Kier alpha value is -6.12. The lowest BCUT2D eigenvalue weighted by Gasteiger charge is -2.46. The number of nitrogens with one attached hydrogen (secondary N) is 5. The molecule has 4 aliphatic rings. The number of nitrogen functional groups attached to an aromatic ring is 1. The normalized spacial score (nSPS) is 23.7. The summed E-state index contributed by atoms with van der Waals surface area (Å²) in [5, 5.41) is 46.1. The van der Waals surface area contributed by atoms with E-state index >= 15 is 0 Å². The average molecular weight is 1000 g/mol. The SMILES string of the molecule is Cc1ncsc1-c1ccc(CNC(=O)[C@@H]2C[C@@H](O)CN2C(=O)[C@@H](NC(=O)CNCCN[C@H]2CC[C@H](c3cnc(C4CC5CN(c6cc(-c7ccccc7O)nnc6N)CC(C4)N5)nc3)CC2)C(C)(C)C)cc1. The van der Waals surface area contributed by atoms with Crippen molar-refractivity contribution < 1.29 is 24.6 Å². The lowest BCUT2D eigenvalue weighted by Crippen LogP contribution is -2.60. The molecule has 1 aliphatic carbocycles. The predicted molar refractivity (Wildman–Crippen MR) is 278 cm³/mol. The van der Waals surface area contributed by atoms with Gasteiger partial charge in [-0.2, -0.15) is 0 Å². The molecule has 1 saturated carbocycles. The molecule has 5 atom stereocenters. The van der Waals surface area contributed by atoms with Gasteiger partial charge in [0.15, 0.2) is 5.82 Å². The van der Waals surface area contributed by atoms with Crippen LogP contribution in [-0.2, 0) is 20.9 Å². The average Bonchev–Trinajstić information content (AvgIpc) is 3.99. The number of nitrogens with two attached hydrogens (primary N) is 1. The number of carbonyl (C=O) groups excluding carboxylic acids is 3. The number of piperidine rings is 1. The molecule has 0 spiro atoms. The van der Waals surface area contributed by atoms with E-state index in [2.05, 4.69) is 46.7 Å². The number of rotatable bonds is 16. The number of piperazine rings is 1. The van der Waals surface area contributed by atoms with Gasteiger partial charge in [0.2, 0.25) is 17.7 Å². The van der Waals surface area contributed by atoms with Crippen molar-refractivity contribution >= 4 is 40.6 Å². The maximum absolute atomic E-state index is 14.1. The molecule has 2 unspecified atom stereocenters. The number of likely N-dealkylation sites (tertiary alicyclic amines) is 1. The number of aromatic nitrogens is 5. The first-order chi connectivity index (χ1) is 34.7. The number of β-amino-alcohol motifs (C(OH)–C–C–N with tert-alkyl or cyclic N) is 1. The van der Waals surface area contributed by atoms with Crippen LogP contribution in [0.2, 0.25) is 0 Å². The summed E-state index contributed by atoms with van der Waals surface area (Å²) < 4.78 is 0. The van der Waals surface area contributed by atoms with E-state index in [1.165, 1.54) is 10.5 Å². The second-order valence-corrected chi connectivity index (χ2v) is 22.0. The zero-order valence-electron chi connectivity index (χ0n) is 41.7. The first-order valence-corrected chi connectivity index (χ1v) is 26.3. The summed E-state index contributed by atoms with van der Waals surface area (Å²) in [6, 6.07) is 16.1. The van der Waals surface area contributed by atoms with Crippen LogP contribution in [0.1, 0.15) is 100 Å². The van der Waals surface area contributed by atoms with Crippen LogP contribution in [0.5, 0.6) is 5.75 Å². The fourth-order valence-electron chi connectivity index (χ4n) is 10.9. The zero-order valence-corrected chi connectivity index (χ0v) is 42.5. The topological polar surface area (TPSA) is 249 Å². The Labute approximate surface area is 425 Å². The van der Waals surface area contributed by atoms with Crippen molar-refractivity contribution in [2.75, 3.05) is 49.9 Å². The predicted octanol–water partition coefficient (Wildman–Crippen LogP) is 4.39. The Bertz CT molecular complexity index is 2660. The molecule has 2 aromatic carbocycles. The summed E-state index contributed by atoms with van der Waals surface area (Å²) in [7, 11) is 0. The Morgan fingerprint density at radius 3 is 2.31 bits per heavy atom. The van der Waals surface area contributed by atoms with Crippen LogP contribution in [-0.4, -0.2) is 134 Å². The van der Waals surface area contributed by atoms with E-state index in [4.69, 9.17) is 15.7 Å². The van der Waals surface area contributed by atoms with Crippen molar-refractivity contribution in [1.29, 1.82) is 0 Å². The standard InChI is InChI=1S/C53H69N13O5S/c1-31-47(72-30-60-31)34-11-9-32(10-12-34)23-59-51(70)44-21-40(67)29-66(44)52(71)48(53(2,3)4)62-46(69)26-55-17-18-56-37-15-13-33(14-16-37)36-24-57-50(58-25-36)35-19-38-27-65(28-39(20-35)61-38)43-22-42(63-64-49(43)54)41-7-5-6-8-45(41)68/h5-12,22,24-25,30,33,35,37-40,44,48,55-56,61,67-68H,13-21,23,26-29H2,1-4H3,(H2,54,64)(H,59,70)(H,62,69)/t33-,35?,37-,38?,39?,40-,44+,48-/m1/s1. The summed E-state index contributed by atoms with van der Waals surface area (Å²) in [6.45, 7) is 10.8. The number of nitrogens with zero attached hydrogens (tertiary/aromatic N) is 7. The minimum absolute atomic E-state index is 0.0177. The number of amides is 3. The quantitative estimate of drug-likeness (QED) is 0.0639. The summed E-state index contributed by atoms with van der Waals surface area (Å²) >= 11 is 1.58. The first kappa shape index (κ1) is 50.8. The van der Waals surface area contributed by atoms with E-state index in [0.29, 0.717) is 42.1 Å². The third-order valence-corrected chi connectivity index (χ3v) is 15.8. The number of aliphatic hydroxyl groups is 1. The smallest absolute Gasteiger partial charge is 0.246 e. The number of benzene rings is 2. The third-order valence-electron chi connectivity index (χ3n) is 14.8. The number of aryl methyl sites for hydroxylation is 1. The molecule has 382 valence electrons. The van der Waals surface area contributed by atoms with Crippen molar-refractivity contribution in [2.45, 2.75) is 127 Å². The van der Waals surface area contributed by atoms with E-state index in [1.54, 1.807) is 23.5 Å². The second kappa shape index (κ2) is 22.3. The van der Waals surface area contributed by atoms with Crippen LogP contribution in [0.3, 0.4) is 0 Å². The Kier molecular flexibility index (Phi) is 15.8. The van der Waals surface area contributed by atoms with Crippen molar-refractivity contribution in [3.63, 3.8) is 0 Å². The van der Waals surface area contributed by atoms with Crippen LogP contribution in [0.15, 0.2) is 72.5 Å². The van der Waals surface area contributed by atoms with Crippen LogP contribution < -0.4 is 37.2 Å². The van der Waals surface area contributed by atoms with Gasteiger partial charge in [0, 0.05) is 87.7 Å². The molecule has 3 amide bonds. The van der Waals surface area contributed by atoms with E-state index in [0.717, 1.165) is 84.8 Å². The molecule has 4 fully saturated rings. The molecule has 3 aliphatic heterocycles. The molecule has 6 heterocycles. The fourth-order valence-corrected chi connectivity index (χ4v) is 11.8. The first-order valence-electron chi connectivity index (χ1n) is 25.4. The molecule has 72 heavy (non-hydrogen) atoms. The lowest BCUT2D eigenvalue weighted by atomic mass is 9.82. The molecule has 5 aromatic rings. The number of phenols is 1. The molecule has 19 heteroatoms. The monoisotopic (exact) mass is 1000 g/mol. The molecule has 3 saturated heterocycles. The van der Waals surface area contributed by atoms with Crippen LogP contribution in [0.25, 0.3) is 21.7 Å². The van der Waals surface area contributed by atoms with Crippen LogP contribution >= 0.6 is 11.3 Å². The number of phenolic OH excluding ortho intramolecular Hbond substituents is 1. The summed E-state index contributed by atoms with van der Waals surface area (Å²) in [5.41, 5.74) is 13.7. The minimum atomic E-state index is -0.897. The van der Waals surface area contributed by atoms with Crippen LogP contribution in [0, 0.1) is 12.3 Å². The van der Waals surface area contributed by atoms with Gasteiger partial charge in [-0.15, -0.1) is 21.5 Å². The molecular weight excluding hydrogens is 931 g/mol. The lowest BCUT2D eigenvalue weighted by molar-refractivity contribution is -0.144. The largest absolute Gasteiger partial charge is 0.507 e. The molecule has 9 rings (SSSR count). The van der Waals surface area contributed by atoms with Gasteiger partial charge in [-0.1, -0.05) is 57.2 Å². The van der Waals surface area contributed by atoms with Gasteiger partial charge in [0.25, 0.3) is 0 Å². The molecule has 0 radical (unpaired) electrons. The van der Waals surface area contributed by atoms with Crippen LogP contribution in [0.4, 0.5) is 11.5 Å². The molecule has 18 nitrogen and oxygen atoms in total. The fraction of sp³-hybridized carbons (Fsp3) is 0.509. The molecular formula is C53H69N13O5S. The molecule has 3 aromatic heterocycles. The highest BCUT2D eigenvalue weighted by Crippen LogP contribution is 2.38. The van der Waals surface area contributed by atoms with Crippen molar-refractivity contribution in [1.82, 2.24) is 56.6 Å². The van der Waals surface area contributed by atoms with E-state index in [-0.39, 0.29) is 67.5 Å². The number of hydrogen-bond donors (Lipinski definition) is 8. The second-order valence-electron chi connectivity index (χ2n) is 21.1. The van der Waals surface area contributed by atoms with E-state index in [9.17, 15) is 24.6 Å². The number of thiazole rings is 1. The highest BCUT2D eigenvalue weighted by atomic mass is 32.1. The minimum Gasteiger partial charge on any atom is -0.507 e. The van der Waals surface area contributed by atoms with Gasteiger partial charge in [0.1, 0.15) is 23.7 Å². The van der Waals surface area contributed by atoms with Gasteiger partial charge < -0.3 is 52.3 Å². The number of fused-ring (bicyclic) bond motifs is 2. The number of carbonyl (C=O) groups is 3. The number of anilines is 2. The molecule has 2 bridgehead atoms. The van der Waals surface area contributed by atoms with Crippen molar-refractivity contribution in [3.8, 4) is 27.4 Å². The van der Waals surface area contributed by atoms with Gasteiger partial charge in [-0.05, 0) is 91.7 Å². The van der Waals surface area contributed by atoms with Gasteiger partial charge in [-0.3, -0.25) is 14.4 Å². The Morgan fingerprint density at radius 2 is 1.62 bits per heavy atom. The van der Waals surface area contributed by atoms with Gasteiger partial charge >= 0.3 is 0 Å². The van der Waals surface area contributed by atoms with E-state index in [1.807, 2.05) is 88.1 Å². The maximum atomic E-state index is 14.1. The highest BCUT2D eigenvalue weighted by molar-refractivity contribution is 7.13. The summed E-state index contributed by atoms with van der Waals surface area (Å²) in [6.07, 6.45) is 9.36. The van der Waals surface area contributed by atoms with Crippen molar-refractivity contribution in [3.05, 3.63) is 95.1 Å². The van der Waals surface area contributed by atoms with Gasteiger partial charge in [-0.25, -0.2) is 15.0 Å². The Balaban J connectivity index is 0.681. The maximum Gasteiger partial charge on any atom is 0.246 e. The summed E-state index contributed by atoms with van der Waals surface area (Å²) in [4.78, 5) is 59.9. The number of para-hydroxylation sites is 1.